The Hall–Kier alpha value is -2.24. The average molecular weight is 314 g/mol. The molecule has 1 atom stereocenters. The number of halogens is 1. The molecule has 1 aliphatic heterocycles. The molecule has 5 heteroatoms. The Labute approximate surface area is 134 Å². The van der Waals surface area contributed by atoms with Gasteiger partial charge in [0.15, 0.2) is 0 Å². The van der Waals surface area contributed by atoms with E-state index in [4.69, 9.17) is 4.74 Å². The molecule has 2 aromatic carbocycles. The molecule has 1 unspecified atom stereocenters. The smallest absolute Gasteiger partial charge is 0.255 e. The minimum Gasteiger partial charge on any atom is -0.380 e. The Morgan fingerprint density at radius 2 is 1.87 bits per heavy atom. The van der Waals surface area contributed by atoms with E-state index in [2.05, 4.69) is 10.6 Å². The standard InChI is InChI=1S/C18H19FN2O2/c19-15-5-3-14(4-6-15)18(22)21-16-7-1-13(2-8-16)11-20-17-9-10-23-12-17/h1-8,17,20H,9-12H2,(H,21,22). The van der Waals surface area contributed by atoms with Gasteiger partial charge in [-0.1, -0.05) is 12.1 Å². The highest BCUT2D eigenvalue weighted by molar-refractivity contribution is 6.04. The minimum atomic E-state index is -0.355. The first-order chi connectivity index (χ1) is 11.2. The van der Waals surface area contributed by atoms with Gasteiger partial charge in [-0.2, -0.15) is 0 Å². The molecule has 23 heavy (non-hydrogen) atoms. The van der Waals surface area contributed by atoms with E-state index in [0.717, 1.165) is 31.7 Å². The van der Waals surface area contributed by atoms with Crippen LogP contribution in [0.25, 0.3) is 0 Å². The van der Waals surface area contributed by atoms with Crippen molar-refractivity contribution in [2.45, 2.75) is 19.0 Å². The van der Waals surface area contributed by atoms with Gasteiger partial charge in [-0.3, -0.25) is 4.79 Å². The number of hydrogen-bond acceptors (Lipinski definition) is 3. The normalized spacial score (nSPS) is 17.2. The fraction of sp³-hybridized carbons (Fsp3) is 0.278. The summed E-state index contributed by atoms with van der Waals surface area (Å²) in [6.07, 6.45) is 1.05. The zero-order chi connectivity index (χ0) is 16.1. The van der Waals surface area contributed by atoms with E-state index in [0.29, 0.717) is 17.3 Å². The van der Waals surface area contributed by atoms with Gasteiger partial charge in [0.25, 0.3) is 5.91 Å². The van der Waals surface area contributed by atoms with Gasteiger partial charge >= 0.3 is 0 Å². The zero-order valence-corrected chi connectivity index (χ0v) is 12.7. The van der Waals surface area contributed by atoms with Gasteiger partial charge in [-0.15, -0.1) is 0 Å². The van der Waals surface area contributed by atoms with Crippen molar-refractivity contribution >= 4 is 11.6 Å². The van der Waals surface area contributed by atoms with Crippen LogP contribution in [-0.2, 0) is 11.3 Å². The maximum absolute atomic E-state index is 12.9. The summed E-state index contributed by atoms with van der Waals surface area (Å²) < 4.78 is 18.2. The van der Waals surface area contributed by atoms with Crippen molar-refractivity contribution in [3.8, 4) is 0 Å². The van der Waals surface area contributed by atoms with Gasteiger partial charge in [-0.05, 0) is 48.4 Å². The summed E-state index contributed by atoms with van der Waals surface area (Å²) in [5.41, 5.74) is 2.29. The third-order valence-electron chi connectivity index (χ3n) is 3.84. The molecule has 0 aliphatic carbocycles. The molecule has 1 saturated heterocycles. The van der Waals surface area contributed by atoms with Crippen molar-refractivity contribution in [2.75, 3.05) is 18.5 Å². The van der Waals surface area contributed by atoms with E-state index < -0.39 is 0 Å². The van der Waals surface area contributed by atoms with Crippen molar-refractivity contribution in [3.05, 3.63) is 65.5 Å². The minimum absolute atomic E-state index is 0.251. The molecule has 1 amide bonds. The van der Waals surface area contributed by atoms with Crippen LogP contribution < -0.4 is 10.6 Å². The Kier molecular flexibility index (Phi) is 5.00. The third kappa shape index (κ3) is 4.37. The summed E-state index contributed by atoms with van der Waals surface area (Å²) in [4.78, 5) is 12.1. The van der Waals surface area contributed by atoms with Crippen LogP contribution in [0.3, 0.4) is 0 Å². The van der Waals surface area contributed by atoms with Crippen LogP contribution >= 0.6 is 0 Å². The maximum Gasteiger partial charge on any atom is 0.255 e. The topological polar surface area (TPSA) is 50.4 Å². The summed E-state index contributed by atoms with van der Waals surface area (Å²) in [7, 11) is 0. The SMILES string of the molecule is O=C(Nc1ccc(CNC2CCOC2)cc1)c1ccc(F)cc1. The molecule has 1 aliphatic rings. The Balaban J connectivity index is 1.54. The lowest BCUT2D eigenvalue weighted by atomic mass is 10.1. The zero-order valence-electron chi connectivity index (χ0n) is 12.7. The number of anilines is 1. The average Bonchev–Trinajstić information content (AvgIpc) is 3.08. The van der Waals surface area contributed by atoms with E-state index in [9.17, 15) is 9.18 Å². The van der Waals surface area contributed by atoms with E-state index in [-0.39, 0.29) is 11.7 Å². The fourth-order valence-corrected chi connectivity index (χ4v) is 2.47. The number of nitrogens with one attached hydrogen (secondary N) is 2. The fourth-order valence-electron chi connectivity index (χ4n) is 2.47. The van der Waals surface area contributed by atoms with Gasteiger partial charge in [0.05, 0.1) is 6.61 Å². The monoisotopic (exact) mass is 314 g/mol. The van der Waals surface area contributed by atoms with Gasteiger partial charge in [0.1, 0.15) is 5.82 Å². The lowest BCUT2D eigenvalue weighted by Crippen LogP contribution is -2.28. The summed E-state index contributed by atoms with van der Waals surface area (Å²) >= 11 is 0. The molecule has 1 heterocycles. The van der Waals surface area contributed by atoms with Gasteiger partial charge < -0.3 is 15.4 Å². The molecule has 0 radical (unpaired) electrons. The van der Waals surface area contributed by atoms with Gasteiger partial charge in [0, 0.05) is 30.4 Å². The van der Waals surface area contributed by atoms with Crippen LogP contribution in [0.1, 0.15) is 22.3 Å². The summed E-state index contributed by atoms with van der Waals surface area (Å²) in [6.45, 7) is 2.37. The number of hydrogen-bond donors (Lipinski definition) is 2. The molecule has 4 nitrogen and oxygen atoms in total. The lowest BCUT2D eigenvalue weighted by molar-refractivity contribution is 0.102. The first kappa shape index (κ1) is 15.6. The molecular weight excluding hydrogens is 295 g/mol. The molecule has 0 spiro atoms. The molecular formula is C18H19FN2O2. The molecule has 2 aromatic rings. The first-order valence-electron chi connectivity index (χ1n) is 7.68. The molecule has 0 bridgehead atoms. The quantitative estimate of drug-likeness (QED) is 0.892. The number of benzene rings is 2. The second-order valence-corrected chi connectivity index (χ2v) is 5.60. The Morgan fingerprint density at radius 1 is 1.13 bits per heavy atom. The first-order valence-corrected chi connectivity index (χ1v) is 7.68. The Morgan fingerprint density at radius 3 is 2.52 bits per heavy atom. The number of rotatable bonds is 5. The molecule has 0 saturated carbocycles. The second-order valence-electron chi connectivity index (χ2n) is 5.60. The highest BCUT2D eigenvalue weighted by Crippen LogP contribution is 2.13. The third-order valence-corrected chi connectivity index (χ3v) is 3.84. The molecule has 2 N–H and O–H groups in total. The summed E-state index contributed by atoms with van der Waals surface area (Å²) in [5.74, 6) is -0.606. The van der Waals surface area contributed by atoms with Crippen LogP contribution in [0, 0.1) is 5.82 Å². The highest BCUT2D eigenvalue weighted by Gasteiger charge is 2.14. The lowest BCUT2D eigenvalue weighted by Gasteiger charge is -2.11. The van der Waals surface area contributed by atoms with Crippen LogP contribution in [0.15, 0.2) is 48.5 Å². The van der Waals surface area contributed by atoms with Crippen molar-refractivity contribution in [3.63, 3.8) is 0 Å². The maximum atomic E-state index is 12.9. The molecule has 1 fully saturated rings. The van der Waals surface area contributed by atoms with Crippen LogP contribution in [0.2, 0.25) is 0 Å². The number of amides is 1. The van der Waals surface area contributed by atoms with Crippen LogP contribution in [0.4, 0.5) is 10.1 Å². The van der Waals surface area contributed by atoms with Gasteiger partial charge in [0.2, 0.25) is 0 Å². The summed E-state index contributed by atoms with van der Waals surface area (Å²) in [6, 6.07) is 13.6. The molecule has 0 aromatic heterocycles. The second kappa shape index (κ2) is 7.35. The van der Waals surface area contributed by atoms with Crippen molar-refractivity contribution in [2.24, 2.45) is 0 Å². The summed E-state index contributed by atoms with van der Waals surface area (Å²) in [5, 5.41) is 6.24. The number of carbonyl (C=O) groups is 1. The Bertz CT molecular complexity index is 650. The van der Waals surface area contributed by atoms with E-state index in [1.807, 2.05) is 24.3 Å². The van der Waals surface area contributed by atoms with E-state index in [1.165, 1.54) is 24.3 Å². The van der Waals surface area contributed by atoms with E-state index in [1.54, 1.807) is 0 Å². The largest absolute Gasteiger partial charge is 0.380 e. The predicted octanol–water partition coefficient (Wildman–Crippen LogP) is 2.96. The van der Waals surface area contributed by atoms with Crippen molar-refractivity contribution < 1.29 is 13.9 Å². The van der Waals surface area contributed by atoms with E-state index >= 15 is 0 Å². The van der Waals surface area contributed by atoms with Crippen LogP contribution in [0.5, 0.6) is 0 Å². The number of carbonyl (C=O) groups excluding carboxylic acids is 1. The highest BCUT2D eigenvalue weighted by atomic mass is 19.1. The number of ether oxygens (including phenoxy) is 1. The molecule has 120 valence electrons. The predicted molar refractivity (Wildman–Crippen MR) is 86.9 cm³/mol. The van der Waals surface area contributed by atoms with Crippen molar-refractivity contribution in [1.82, 2.24) is 5.32 Å². The van der Waals surface area contributed by atoms with Crippen LogP contribution in [-0.4, -0.2) is 25.2 Å². The van der Waals surface area contributed by atoms with Gasteiger partial charge in [-0.25, -0.2) is 4.39 Å². The van der Waals surface area contributed by atoms with Crippen molar-refractivity contribution in [1.29, 1.82) is 0 Å². The molecule has 3 rings (SSSR count).